The molecule has 1 atom stereocenters. The smallest absolute Gasteiger partial charge is 0.264 e. The van der Waals surface area contributed by atoms with E-state index in [9.17, 15) is 4.79 Å². The number of carbonyl (C=O) groups excluding carboxylic acids is 1. The molecule has 0 saturated heterocycles. The predicted molar refractivity (Wildman–Crippen MR) is 94.1 cm³/mol. The molecule has 1 amide bonds. The minimum atomic E-state index is -0.0803. The van der Waals surface area contributed by atoms with Gasteiger partial charge in [0.15, 0.2) is 5.17 Å². The molecule has 1 heterocycles. The third-order valence-electron chi connectivity index (χ3n) is 3.28. The number of hydrogen-bond acceptors (Lipinski definition) is 3. The lowest BCUT2D eigenvalue weighted by Gasteiger charge is -2.22. The molecule has 0 aliphatic carbocycles. The number of rotatable bonds is 2. The summed E-state index contributed by atoms with van der Waals surface area (Å²) in [6, 6.07) is 16.7. The first-order valence-electron chi connectivity index (χ1n) is 7.01. The Labute approximate surface area is 139 Å². The molecule has 0 saturated carbocycles. The number of amidine groups is 1. The van der Waals surface area contributed by atoms with Gasteiger partial charge in [0.1, 0.15) is 0 Å². The zero-order valence-electron chi connectivity index (χ0n) is 12.1. The molecule has 112 valence electrons. The zero-order chi connectivity index (χ0) is 15.5. The molecule has 0 radical (unpaired) electrons. The Hall–Kier alpha value is -1.78. The molecule has 3 nitrogen and oxygen atoms in total. The van der Waals surface area contributed by atoms with Gasteiger partial charge in [0.05, 0.1) is 11.7 Å². The van der Waals surface area contributed by atoms with Crippen LogP contribution in [0.1, 0.15) is 17.3 Å². The third kappa shape index (κ3) is 3.18. The van der Waals surface area contributed by atoms with Crippen molar-refractivity contribution in [1.82, 2.24) is 0 Å². The van der Waals surface area contributed by atoms with Gasteiger partial charge in [-0.2, -0.15) is 0 Å². The Balaban J connectivity index is 2.01. The minimum absolute atomic E-state index is 0.0803. The van der Waals surface area contributed by atoms with Crippen LogP contribution in [0.3, 0.4) is 0 Å². The molecule has 0 spiro atoms. The van der Waals surface area contributed by atoms with E-state index in [1.165, 1.54) is 0 Å². The lowest BCUT2D eigenvalue weighted by molar-refractivity contribution is 0.100. The number of carbonyl (C=O) groups is 1. The standard InChI is InChI=1S/C17H15ClN2OS/c1-12-11-22-17(19-12)20(15-9-7-14(18)8-10-15)16(21)13-5-3-2-4-6-13/h2-10,12H,11H2,1H3/t12-/m1/s1. The maximum atomic E-state index is 12.9. The van der Waals surface area contributed by atoms with Crippen molar-refractivity contribution in [2.75, 3.05) is 10.7 Å². The number of nitrogens with zero attached hydrogens (tertiary/aromatic N) is 2. The summed E-state index contributed by atoms with van der Waals surface area (Å²) >= 11 is 7.56. The third-order valence-corrected chi connectivity index (χ3v) is 4.73. The molecule has 2 aromatic carbocycles. The van der Waals surface area contributed by atoms with E-state index < -0.39 is 0 Å². The van der Waals surface area contributed by atoms with Gasteiger partial charge in [0, 0.05) is 16.3 Å². The van der Waals surface area contributed by atoms with Crippen molar-refractivity contribution in [2.45, 2.75) is 13.0 Å². The summed E-state index contributed by atoms with van der Waals surface area (Å²) in [4.78, 5) is 19.2. The minimum Gasteiger partial charge on any atom is -0.268 e. The van der Waals surface area contributed by atoms with Crippen LogP contribution in [0, 0.1) is 0 Å². The van der Waals surface area contributed by atoms with Gasteiger partial charge in [0.25, 0.3) is 5.91 Å². The van der Waals surface area contributed by atoms with Crippen molar-refractivity contribution in [3.05, 3.63) is 65.2 Å². The normalized spacial score (nSPS) is 17.2. The molecule has 0 N–H and O–H groups in total. The number of thioether (sulfide) groups is 1. The van der Waals surface area contributed by atoms with Crippen molar-refractivity contribution in [3.8, 4) is 0 Å². The summed E-state index contributed by atoms with van der Waals surface area (Å²) in [5, 5.41) is 1.38. The number of aliphatic imine (C=N–C) groups is 1. The average molecular weight is 331 g/mol. The second kappa shape index (κ2) is 6.55. The van der Waals surface area contributed by atoms with Crippen LogP contribution >= 0.6 is 23.4 Å². The molecule has 1 aliphatic heterocycles. The summed E-state index contributed by atoms with van der Waals surface area (Å²) in [5.41, 5.74) is 1.42. The highest BCUT2D eigenvalue weighted by molar-refractivity contribution is 8.14. The molecule has 2 aromatic rings. The van der Waals surface area contributed by atoms with Crippen molar-refractivity contribution in [3.63, 3.8) is 0 Å². The van der Waals surface area contributed by atoms with E-state index in [4.69, 9.17) is 11.6 Å². The van der Waals surface area contributed by atoms with Crippen molar-refractivity contribution in [2.24, 2.45) is 4.99 Å². The average Bonchev–Trinajstić information content (AvgIpc) is 2.96. The monoisotopic (exact) mass is 330 g/mol. The van der Waals surface area contributed by atoms with E-state index in [1.54, 1.807) is 28.8 Å². The van der Waals surface area contributed by atoms with E-state index >= 15 is 0 Å². The Bertz CT molecular complexity index is 700. The van der Waals surface area contributed by atoms with Gasteiger partial charge >= 0.3 is 0 Å². The first-order valence-corrected chi connectivity index (χ1v) is 8.37. The van der Waals surface area contributed by atoms with E-state index in [0.717, 1.165) is 16.6 Å². The lowest BCUT2D eigenvalue weighted by Crippen LogP contribution is -2.34. The van der Waals surface area contributed by atoms with Gasteiger partial charge in [-0.05, 0) is 43.3 Å². The summed E-state index contributed by atoms with van der Waals surface area (Å²) < 4.78 is 0. The second-order valence-electron chi connectivity index (χ2n) is 5.05. The zero-order valence-corrected chi connectivity index (χ0v) is 13.6. The fourth-order valence-electron chi connectivity index (χ4n) is 2.20. The summed E-state index contributed by atoms with van der Waals surface area (Å²) in [6.07, 6.45) is 0. The van der Waals surface area contributed by atoms with Crippen LogP contribution in [0.25, 0.3) is 0 Å². The fraction of sp³-hybridized carbons (Fsp3) is 0.176. The van der Waals surface area contributed by atoms with Gasteiger partial charge in [-0.25, -0.2) is 0 Å². The van der Waals surface area contributed by atoms with Gasteiger partial charge in [-0.15, -0.1) is 0 Å². The van der Waals surface area contributed by atoms with Crippen molar-refractivity contribution < 1.29 is 4.79 Å². The van der Waals surface area contributed by atoms with Gasteiger partial charge < -0.3 is 0 Å². The van der Waals surface area contributed by atoms with Crippen molar-refractivity contribution in [1.29, 1.82) is 0 Å². The second-order valence-corrected chi connectivity index (χ2v) is 6.48. The molecule has 22 heavy (non-hydrogen) atoms. The van der Waals surface area contributed by atoms with Crippen LogP contribution in [0.15, 0.2) is 59.6 Å². The number of halogens is 1. The highest BCUT2D eigenvalue weighted by Crippen LogP contribution is 2.28. The molecule has 5 heteroatoms. The highest BCUT2D eigenvalue weighted by atomic mass is 35.5. The fourth-order valence-corrected chi connectivity index (χ4v) is 3.36. The predicted octanol–water partition coefficient (Wildman–Crippen LogP) is 4.48. The topological polar surface area (TPSA) is 32.7 Å². The maximum absolute atomic E-state index is 12.9. The van der Waals surface area contributed by atoms with Crippen LogP contribution in [-0.4, -0.2) is 22.9 Å². The van der Waals surface area contributed by atoms with E-state index in [2.05, 4.69) is 4.99 Å². The number of hydrogen-bond donors (Lipinski definition) is 0. The van der Waals surface area contributed by atoms with Crippen molar-refractivity contribution >= 4 is 40.1 Å². The van der Waals surface area contributed by atoms with Crippen LogP contribution in [-0.2, 0) is 0 Å². The molecular weight excluding hydrogens is 316 g/mol. The quantitative estimate of drug-likeness (QED) is 0.813. The van der Waals surface area contributed by atoms with Gasteiger partial charge in [0.2, 0.25) is 0 Å². The van der Waals surface area contributed by atoms with Crippen LogP contribution in [0.4, 0.5) is 5.69 Å². The number of anilines is 1. The van der Waals surface area contributed by atoms with E-state index in [0.29, 0.717) is 10.6 Å². The largest absolute Gasteiger partial charge is 0.268 e. The molecule has 0 unspecified atom stereocenters. The molecule has 3 rings (SSSR count). The Morgan fingerprint density at radius 2 is 1.86 bits per heavy atom. The van der Waals surface area contributed by atoms with Crippen LogP contribution in [0.5, 0.6) is 0 Å². The summed E-state index contributed by atoms with van der Waals surface area (Å²) in [7, 11) is 0. The highest BCUT2D eigenvalue weighted by Gasteiger charge is 2.27. The van der Waals surface area contributed by atoms with Gasteiger partial charge in [-0.3, -0.25) is 14.7 Å². The van der Waals surface area contributed by atoms with Crippen LogP contribution in [0.2, 0.25) is 5.02 Å². The molecule has 0 aromatic heterocycles. The van der Waals surface area contributed by atoms with Crippen LogP contribution < -0.4 is 4.90 Å². The SMILES string of the molecule is C[C@@H]1CSC(N(C(=O)c2ccccc2)c2ccc(Cl)cc2)=N1. The lowest BCUT2D eigenvalue weighted by atomic mass is 10.2. The Kier molecular flexibility index (Phi) is 4.50. The number of benzene rings is 2. The number of amides is 1. The van der Waals surface area contributed by atoms with E-state index in [-0.39, 0.29) is 11.9 Å². The summed E-state index contributed by atoms with van der Waals surface area (Å²) in [5.74, 6) is 0.810. The molecule has 0 fully saturated rings. The Morgan fingerprint density at radius 1 is 1.18 bits per heavy atom. The first kappa shape index (κ1) is 15.1. The molecule has 0 bridgehead atoms. The summed E-state index contributed by atoms with van der Waals surface area (Å²) in [6.45, 7) is 2.05. The van der Waals surface area contributed by atoms with E-state index in [1.807, 2.05) is 49.4 Å². The maximum Gasteiger partial charge on any atom is 0.264 e. The Morgan fingerprint density at radius 3 is 2.45 bits per heavy atom. The van der Waals surface area contributed by atoms with Gasteiger partial charge in [-0.1, -0.05) is 41.6 Å². The first-order chi connectivity index (χ1) is 10.6. The molecule has 1 aliphatic rings. The molecular formula is C17H15ClN2OS.